The molecule has 5 nitrogen and oxygen atoms in total. The minimum Gasteiger partial charge on any atom is -0.465 e. The maximum atomic E-state index is 11.2. The summed E-state index contributed by atoms with van der Waals surface area (Å²) < 4.78 is 4.86. The number of H-pyrrole nitrogens is 1. The average molecular weight is 215 g/mol. The Morgan fingerprint density at radius 2 is 2.43 bits per heavy atom. The summed E-state index contributed by atoms with van der Waals surface area (Å²) in [6.07, 6.45) is 0. The lowest BCUT2D eigenvalue weighted by Gasteiger charge is -2.06. The van der Waals surface area contributed by atoms with Crippen LogP contribution in [0.25, 0.3) is 0 Å². The zero-order chi connectivity index (χ0) is 10.6. The first-order chi connectivity index (χ1) is 6.63. The largest absolute Gasteiger partial charge is 0.465 e. The molecule has 6 heteroatoms. The number of nitrogens with one attached hydrogen (secondary N) is 1. The van der Waals surface area contributed by atoms with E-state index in [0.29, 0.717) is 11.8 Å². The minimum absolute atomic E-state index is 0.236. The first-order valence-corrected chi connectivity index (χ1v) is 5.23. The van der Waals surface area contributed by atoms with Gasteiger partial charge in [0.05, 0.1) is 6.61 Å². The molecule has 0 aliphatic carbocycles. The Kier molecular flexibility index (Phi) is 3.94. The average Bonchev–Trinajstić information content (AvgIpc) is 2.51. The second-order valence-corrected chi connectivity index (χ2v) is 4.02. The number of esters is 1. The molecule has 0 bridgehead atoms. The van der Waals surface area contributed by atoms with E-state index in [2.05, 4.69) is 15.2 Å². The molecule has 1 heterocycles. The van der Waals surface area contributed by atoms with Crippen LogP contribution in [0.1, 0.15) is 19.7 Å². The summed E-state index contributed by atoms with van der Waals surface area (Å²) in [5.41, 5.74) is 0. The van der Waals surface area contributed by atoms with E-state index in [9.17, 15) is 4.79 Å². The smallest absolute Gasteiger partial charge is 0.319 e. The van der Waals surface area contributed by atoms with E-state index in [4.69, 9.17) is 4.74 Å². The molecule has 1 unspecified atom stereocenters. The molecule has 1 N–H and O–H groups in total. The van der Waals surface area contributed by atoms with Gasteiger partial charge in [0.25, 0.3) is 0 Å². The van der Waals surface area contributed by atoms with Gasteiger partial charge in [0.2, 0.25) is 5.16 Å². The monoisotopic (exact) mass is 215 g/mol. The molecule has 0 aliphatic heterocycles. The van der Waals surface area contributed by atoms with E-state index >= 15 is 0 Å². The number of rotatable bonds is 4. The second-order valence-electron chi connectivity index (χ2n) is 2.72. The van der Waals surface area contributed by atoms with Crippen molar-refractivity contribution in [2.45, 2.75) is 31.2 Å². The van der Waals surface area contributed by atoms with Crippen LogP contribution in [-0.2, 0) is 9.53 Å². The van der Waals surface area contributed by atoms with Crippen molar-refractivity contribution >= 4 is 17.7 Å². The first-order valence-electron chi connectivity index (χ1n) is 4.35. The Morgan fingerprint density at radius 3 is 2.93 bits per heavy atom. The van der Waals surface area contributed by atoms with Gasteiger partial charge in [-0.3, -0.25) is 9.89 Å². The summed E-state index contributed by atoms with van der Waals surface area (Å²) in [4.78, 5) is 15.3. The highest BCUT2D eigenvalue weighted by Gasteiger charge is 2.17. The van der Waals surface area contributed by atoms with Gasteiger partial charge in [0.15, 0.2) is 0 Å². The van der Waals surface area contributed by atoms with Crippen molar-refractivity contribution in [3.05, 3.63) is 5.82 Å². The van der Waals surface area contributed by atoms with Crippen molar-refractivity contribution in [1.82, 2.24) is 15.2 Å². The third kappa shape index (κ3) is 3.02. The summed E-state index contributed by atoms with van der Waals surface area (Å²) in [5, 5.41) is 6.93. The van der Waals surface area contributed by atoms with Crippen LogP contribution >= 0.6 is 11.8 Å². The van der Waals surface area contributed by atoms with E-state index < -0.39 is 0 Å². The van der Waals surface area contributed by atoms with Gasteiger partial charge in [0.1, 0.15) is 11.1 Å². The third-order valence-corrected chi connectivity index (χ3v) is 2.42. The molecular weight excluding hydrogens is 202 g/mol. The molecule has 0 saturated carbocycles. The van der Waals surface area contributed by atoms with Crippen molar-refractivity contribution in [2.75, 3.05) is 6.61 Å². The van der Waals surface area contributed by atoms with Gasteiger partial charge < -0.3 is 4.74 Å². The minimum atomic E-state index is -0.273. The molecule has 1 aromatic heterocycles. The number of aryl methyl sites for hydroxylation is 1. The zero-order valence-corrected chi connectivity index (χ0v) is 9.22. The summed E-state index contributed by atoms with van der Waals surface area (Å²) in [5.74, 6) is 0.503. The molecule has 14 heavy (non-hydrogen) atoms. The van der Waals surface area contributed by atoms with Crippen LogP contribution in [0.3, 0.4) is 0 Å². The Balaban J connectivity index is 2.48. The number of hydrogen-bond acceptors (Lipinski definition) is 5. The number of hydrogen-bond donors (Lipinski definition) is 1. The topological polar surface area (TPSA) is 67.9 Å². The Bertz CT molecular complexity index is 313. The molecule has 0 spiro atoms. The van der Waals surface area contributed by atoms with Crippen molar-refractivity contribution in [3.63, 3.8) is 0 Å². The number of carbonyl (C=O) groups is 1. The third-order valence-electron chi connectivity index (χ3n) is 1.48. The highest BCUT2D eigenvalue weighted by Crippen LogP contribution is 2.19. The van der Waals surface area contributed by atoms with E-state index in [1.54, 1.807) is 13.8 Å². The lowest BCUT2D eigenvalue weighted by molar-refractivity contribution is -0.142. The molecule has 78 valence electrons. The van der Waals surface area contributed by atoms with Crippen LogP contribution in [0.4, 0.5) is 0 Å². The first kappa shape index (κ1) is 11.0. The van der Waals surface area contributed by atoms with Crippen LogP contribution in [0.2, 0.25) is 0 Å². The van der Waals surface area contributed by atoms with Gasteiger partial charge in [-0.2, -0.15) is 0 Å². The molecule has 0 fully saturated rings. The standard InChI is InChI=1S/C8H13N3O2S/c1-4-13-7(12)5(2)14-8-9-6(3)10-11-8/h5H,4H2,1-3H3,(H,9,10,11). The fourth-order valence-corrected chi connectivity index (χ4v) is 1.61. The number of thioether (sulfide) groups is 1. The number of carbonyl (C=O) groups excluding carboxylic acids is 1. The molecule has 1 atom stereocenters. The fraction of sp³-hybridized carbons (Fsp3) is 0.625. The van der Waals surface area contributed by atoms with Crippen molar-refractivity contribution in [1.29, 1.82) is 0 Å². The summed E-state index contributed by atoms with van der Waals surface area (Å²) in [7, 11) is 0. The van der Waals surface area contributed by atoms with E-state index in [0.717, 1.165) is 5.82 Å². The van der Waals surface area contributed by atoms with Crippen LogP contribution in [-0.4, -0.2) is 33.0 Å². The normalized spacial score (nSPS) is 12.5. The van der Waals surface area contributed by atoms with Gasteiger partial charge in [-0.25, -0.2) is 4.98 Å². The molecule has 1 aromatic rings. The maximum Gasteiger partial charge on any atom is 0.319 e. The van der Waals surface area contributed by atoms with Crippen molar-refractivity contribution < 1.29 is 9.53 Å². The zero-order valence-electron chi connectivity index (χ0n) is 8.40. The van der Waals surface area contributed by atoms with Crippen molar-refractivity contribution in [3.8, 4) is 0 Å². The Labute approximate surface area is 86.6 Å². The molecule has 0 radical (unpaired) electrons. The van der Waals surface area contributed by atoms with Gasteiger partial charge in [-0.15, -0.1) is 5.10 Å². The quantitative estimate of drug-likeness (QED) is 0.603. The Hall–Kier alpha value is -1.04. The van der Waals surface area contributed by atoms with E-state index in [1.165, 1.54) is 11.8 Å². The van der Waals surface area contributed by atoms with Crippen LogP contribution < -0.4 is 0 Å². The SMILES string of the molecule is CCOC(=O)C(C)Sc1n[nH]c(C)n1. The van der Waals surface area contributed by atoms with Crippen LogP contribution in [0.15, 0.2) is 5.16 Å². The molecule has 0 aromatic carbocycles. The van der Waals surface area contributed by atoms with Gasteiger partial charge in [-0.1, -0.05) is 11.8 Å². The maximum absolute atomic E-state index is 11.2. The number of aromatic nitrogens is 3. The van der Waals surface area contributed by atoms with Crippen molar-refractivity contribution in [2.24, 2.45) is 0 Å². The number of ether oxygens (including phenoxy) is 1. The van der Waals surface area contributed by atoms with E-state index in [1.807, 2.05) is 6.92 Å². The summed E-state index contributed by atoms with van der Waals surface area (Å²) >= 11 is 1.28. The molecule has 0 aliphatic rings. The highest BCUT2D eigenvalue weighted by molar-refractivity contribution is 8.00. The summed E-state index contributed by atoms with van der Waals surface area (Å²) in [6, 6.07) is 0. The van der Waals surface area contributed by atoms with Gasteiger partial charge in [-0.05, 0) is 20.8 Å². The predicted octanol–water partition coefficient (Wildman–Crippen LogP) is 1.16. The highest BCUT2D eigenvalue weighted by atomic mass is 32.2. The molecule has 0 saturated heterocycles. The molecule has 1 rings (SSSR count). The predicted molar refractivity (Wildman–Crippen MR) is 53.1 cm³/mol. The fourth-order valence-electron chi connectivity index (χ4n) is 0.841. The van der Waals surface area contributed by atoms with E-state index in [-0.39, 0.29) is 11.2 Å². The van der Waals surface area contributed by atoms with Crippen LogP contribution in [0.5, 0.6) is 0 Å². The lowest BCUT2D eigenvalue weighted by atomic mass is 10.5. The number of aromatic amines is 1. The molecule has 0 amide bonds. The Morgan fingerprint density at radius 1 is 1.71 bits per heavy atom. The van der Waals surface area contributed by atoms with Crippen LogP contribution in [0, 0.1) is 6.92 Å². The van der Waals surface area contributed by atoms with Gasteiger partial charge in [0, 0.05) is 0 Å². The number of nitrogens with zero attached hydrogens (tertiary/aromatic N) is 2. The van der Waals surface area contributed by atoms with Gasteiger partial charge >= 0.3 is 5.97 Å². The summed E-state index contributed by atoms with van der Waals surface area (Å²) in [6.45, 7) is 5.77. The lowest BCUT2D eigenvalue weighted by Crippen LogP contribution is -2.16. The second kappa shape index (κ2) is 4.99. The molecular formula is C8H13N3O2S.